The lowest BCUT2D eigenvalue weighted by molar-refractivity contribution is -0.144. The van der Waals surface area contributed by atoms with Crippen LogP contribution in [0.4, 0.5) is 5.82 Å². The van der Waals surface area contributed by atoms with Gasteiger partial charge in [-0.3, -0.25) is 4.79 Å². The van der Waals surface area contributed by atoms with E-state index in [1.165, 1.54) is 6.92 Å². The van der Waals surface area contributed by atoms with Gasteiger partial charge in [-0.05, 0) is 43.5 Å². The average Bonchev–Trinajstić information content (AvgIpc) is 3.31. The van der Waals surface area contributed by atoms with E-state index in [2.05, 4.69) is 16.5 Å². The first-order chi connectivity index (χ1) is 18.8. The maximum absolute atomic E-state index is 12.7. The minimum Gasteiger partial charge on any atom is -0.479 e. The number of nitrogens with zero attached hydrogens (tertiary/aromatic N) is 4. The summed E-state index contributed by atoms with van der Waals surface area (Å²) < 4.78 is 7.63. The topological polar surface area (TPSA) is 124 Å². The largest absolute Gasteiger partial charge is 0.479 e. The number of imidazole rings is 1. The Morgan fingerprint density at radius 3 is 2.56 bits per heavy atom. The quantitative estimate of drug-likeness (QED) is 0.224. The zero-order valence-electron chi connectivity index (χ0n) is 22.3. The van der Waals surface area contributed by atoms with Crippen LogP contribution in [0.1, 0.15) is 44.5 Å². The summed E-state index contributed by atoms with van der Waals surface area (Å²) in [6.45, 7) is 5.18. The second-order valence-electron chi connectivity index (χ2n) is 9.54. The Kier molecular flexibility index (Phi) is 9.24. The molecule has 1 amide bonds. The number of unbranched alkanes of at least 4 members (excludes halogenated alkanes) is 1. The number of nitrogen functional groups attached to an aromatic ring is 1. The minimum absolute atomic E-state index is 0.111. The number of carboxylic acid groups (broad SMARTS) is 1. The Hall–Kier alpha value is -3.85. The lowest BCUT2D eigenvalue weighted by Crippen LogP contribution is -2.33. The van der Waals surface area contributed by atoms with E-state index in [1.807, 2.05) is 36.4 Å². The molecule has 4 aromatic rings. The van der Waals surface area contributed by atoms with Crippen molar-refractivity contribution in [1.29, 1.82) is 0 Å². The Morgan fingerprint density at radius 2 is 1.87 bits per heavy atom. The van der Waals surface area contributed by atoms with Gasteiger partial charge in [-0.2, -0.15) is 0 Å². The third-order valence-corrected chi connectivity index (χ3v) is 6.91. The van der Waals surface area contributed by atoms with Crippen LogP contribution in [0.15, 0.2) is 48.5 Å². The van der Waals surface area contributed by atoms with Gasteiger partial charge in [-0.1, -0.05) is 43.7 Å². The van der Waals surface area contributed by atoms with Crippen molar-refractivity contribution in [2.24, 2.45) is 0 Å². The van der Waals surface area contributed by atoms with Crippen molar-refractivity contribution in [2.45, 2.75) is 58.7 Å². The van der Waals surface area contributed by atoms with Crippen molar-refractivity contribution < 1.29 is 19.4 Å². The van der Waals surface area contributed by atoms with Gasteiger partial charge in [0.2, 0.25) is 5.91 Å². The molecule has 4 rings (SSSR count). The number of fused-ring (bicyclic) bond motifs is 3. The van der Waals surface area contributed by atoms with Crippen LogP contribution < -0.4 is 10.5 Å². The zero-order valence-corrected chi connectivity index (χ0v) is 23.0. The number of benzene rings is 2. The summed E-state index contributed by atoms with van der Waals surface area (Å²) in [6.07, 6.45) is 2.64. The summed E-state index contributed by atoms with van der Waals surface area (Å²) in [5.41, 5.74) is 9.73. The Balaban J connectivity index is 1.53. The molecule has 0 aliphatic carbocycles. The average molecular weight is 552 g/mol. The van der Waals surface area contributed by atoms with Gasteiger partial charge in [-0.25, -0.2) is 14.8 Å². The van der Waals surface area contributed by atoms with Crippen LogP contribution in [0.25, 0.3) is 21.9 Å². The fraction of sp³-hybridized carbons (Fsp3) is 0.379. The fourth-order valence-corrected chi connectivity index (χ4v) is 4.79. The minimum atomic E-state index is -1.03. The van der Waals surface area contributed by atoms with Gasteiger partial charge >= 0.3 is 5.97 Å². The fourth-order valence-electron chi connectivity index (χ4n) is 4.62. The number of halogens is 1. The van der Waals surface area contributed by atoms with Gasteiger partial charge in [-0.15, -0.1) is 11.6 Å². The second-order valence-corrected chi connectivity index (χ2v) is 9.81. The molecule has 0 spiro atoms. The van der Waals surface area contributed by atoms with Gasteiger partial charge < -0.3 is 25.0 Å². The predicted octanol–water partition coefficient (Wildman–Crippen LogP) is 5.02. The molecule has 0 bridgehead atoms. The number of aryl methyl sites for hydroxylation is 2. The van der Waals surface area contributed by atoms with E-state index in [-0.39, 0.29) is 11.8 Å². The summed E-state index contributed by atoms with van der Waals surface area (Å²) in [5.74, 6) is 0.546. The molecule has 206 valence electrons. The first-order valence-corrected chi connectivity index (χ1v) is 13.7. The number of carboxylic acids is 1. The number of nitrogens with two attached hydrogens (primary N) is 1. The van der Waals surface area contributed by atoms with Gasteiger partial charge in [0.05, 0.1) is 11.0 Å². The maximum atomic E-state index is 12.7. The molecule has 3 N–H and O–H groups in total. The molecule has 1 unspecified atom stereocenters. The van der Waals surface area contributed by atoms with Crippen molar-refractivity contribution in [3.05, 3.63) is 59.9 Å². The number of hydrogen-bond acceptors (Lipinski definition) is 6. The summed E-state index contributed by atoms with van der Waals surface area (Å²) in [6, 6.07) is 15.0. The van der Waals surface area contributed by atoms with Crippen molar-refractivity contribution in [1.82, 2.24) is 19.4 Å². The molecule has 2 aromatic carbocycles. The molecule has 0 aliphatic heterocycles. The number of aromatic nitrogens is 3. The second kappa shape index (κ2) is 12.8. The molecule has 2 aromatic heterocycles. The molecule has 1 atom stereocenters. The van der Waals surface area contributed by atoms with Crippen LogP contribution >= 0.6 is 11.6 Å². The van der Waals surface area contributed by atoms with Crippen LogP contribution in [0.5, 0.6) is 5.75 Å². The molecule has 0 radical (unpaired) electrons. The highest BCUT2D eigenvalue weighted by molar-refractivity contribution is 6.27. The monoisotopic (exact) mass is 551 g/mol. The van der Waals surface area contributed by atoms with Crippen molar-refractivity contribution in [2.75, 3.05) is 18.2 Å². The Labute approximate surface area is 232 Å². The summed E-state index contributed by atoms with van der Waals surface area (Å²) >= 11 is 5.94. The highest BCUT2D eigenvalue weighted by Crippen LogP contribution is 2.29. The molecule has 39 heavy (non-hydrogen) atoms. The molecular weight excluding hydrogens is 518 g/mol. The number of carbonyl (C=O) groups excluding carboxylic acids is 1. The van der Waals surface area contributed by atoms with Crippen molar-refractivity contribution in [3.63, 3.8) is 0 Å². The van der Waals surface area contributed by atoms with Gasteiger partial charge in [0, 0.05) is 31.4 Å². The normalized spacial score (nSPS) is 12.1. The first-order valence-electron chi connectivity index (χ1n) is 13.2. The molecular formula is C29H34ClN5O4. The van der Waals surface area contributed by atoms with E-state index < -0.39 is 12.1 Å². The maximum Gasteiger partial charge on any atom is 0.344 e. The summed E-state index contributed by atoms with van der Waals surface area (Å²) in [5, 5.41) is 10.0. The Bertz CT molecular complexity index is 1450. The third kappa shape index (κ3) is 6.60. The molecule has 0 saturated carbocycles. The number of pyridine rings is 1. The molecule has 0 aliphatic rings. The number of hydrogen-bond donors (Lipinski definition) is 2. The number of alkyl halides is 1. The predicted molar refractivity (Wildman–Crippen MR) is 153 cm³/mol. The van der Waals surface area contributed by atoms with Gasteiger partial charge in [0.25, 0.3) is 0 Å². The number of amides is 1. The lowest BCUT2D eigenvalue weighted by atomic mass is 10.1. The summed E-state index contributed by atoms with van der Waals surface area (Å²) in [4.78, 5) is 34.9. The van der Waals surface area contributed by atoms with Crippen LogP contribution in [-0.2, 0) is 29.1 Å². The highest BCUT2D eigenvalue weighted by Gasteiger charge is 2.19. The summed E-state index contributed by atoms with van der Waals surface area (Å²) in [7, 11) is 0. The molecule has 0 fully saturated rings. The SMILES string of the molecule is CCCCc1nc2c(N)nc3ccccc3c2n1CCCN(Cc1ccc(OC(C)C(=O)O)cc1)C(=O)CCl. The molecule has 0 saturated heterocycles. The van der Waals surface area contributed by atoms with Crippen molar-refractivity contribution in [3.8, 4) is 5.75 Å². The van der Waals surface area contributed by atoms with Crippen LogP contribution in [0.2, 0.25) is 0 Å². The third-order valence-electron chi connectivity index (χ3n) is 6.68. The zero-order chi connectivity index (χ0) is 27.9. The molecule has 2 heterocycles. The van der Waals surface area contributed by atoms with Gasteiger partial charge in [0.1, 0.15) is 23.0 Å². The number of rotatable bonds is 13. The molecule has 9 nitrogen and oxygen atoms in total. The van der Waals surface area contributed by atoms with E-state index in [4.69, 9.17) is 32.2 Å². The van der Waals surface area contributed by atoms with E-state index in [9.17, 15) is 9.59 Å². The first kappa shape index (κ1) is 28.2. The number of para-hydroxylation sites is 1. The highest BCUT2D eigenvalue weighted by atomic mass is 35.5. The number of carbonyl (C=O) groups is 2. The number of ether oxygens (including phenoxy) is 1. The lowest BCUT2D eigenvalue weighted by Gasteiger charge is -2.23. The molecule has 10 heteroatoms. The number of aliphatic carboxylic acids is 1. The van der Waals surface area contributed by atoms with Crippen LogP contribution in [0.3, 0.4) is 0 Å². The number of anilines is 1. The van der Waals surface area contributed by atoms with Crippen molar-refractivity contribution >= 4 is 51.2 Å². The van der Waals surface area contributed by atoms with E-state index in [1.54, 1.807) is 17.0 Å². The smallest absolute Gasteiger partial charge is 0.344 e. The standard InChI is InChI=1S/C29H34ClN5O4/c1-3-4-10-24-33-26-27(22-8-5-6-9-23(22)32-28(26)31)35(24)16-7-15-34(25(36)17-30)18-20-11-13-21(14-12-20)39-19(2)29(37)38/h5-6,8-9,11-14,19H,3-4,7,10,15-18H2,1-2H3,(H2,31,32)(H,37,38). The van der Waals surface area contributed by atoms with Crippen LogP contribution in [-0.4, -0.2) is 54.9 Å². The Morgan fingerprint density at radius 1 is 1.13 bits per heavy atom. The van der Waals surface area contributed by atoms with Crippen LogP contribution in [0, 0.1) is 0 Å². The van der Waals surface area contributed by atoms with E-state index >= 15 is 0 Å². The van der Waals surface area contributed by atoms with E-state index in [0.717, 1.165) is 47.1 Å². The van der Waals surface area contributed by atoms with E-state index in [0.29, 0.717) is 43.1 Å². The van der Waals surface area contributed by atoms with Gasteiger partial charge in [0.15, 0.2) is 11.9 Å².